The quantitative estimate of drug-likeness (QED) is 0.884. The average Bonchev–Trinajstić information content (AvgIpc) is 2.37. The molecule has 3 N–H and O–H groups in total. The first-order chi connectivity index (χ1) is 8.99. The van der Waals surface area contributed by atoms with E-state index in [-0.39, 0.29) is 17.3 Å². The number of halogens is 1. The van der Waals surface area contributed by atoms with Crippen LogP contribution in [-0.2, 0) is 16.6 Å². The topological polar surface area (TPSA) is 85.1 Å². The van der Waals surface area contributed by atoms with Gasteiger partial charge in [0.2, 0.25) is 0 Å². The number of anilines is 1. The lowest BCUT2D eigenvalue weighted by atomic mass is 10.2. The minimum atomic E-state index is -3.81. The maximum Gasteiger partial charge on any atom is 0.260 e. The third-order valence-electron chi connectivity index (χ3n) is 2.41. The van der Waals surface area contributed by atoms with Crippen LogP contribution in [-0.4, -0.2) is 13.4 Å². The smallest absolute Gasteiger partial charge is 0.260 e. The zero-order valence-corrected chi connectivity index (χ0v) is 10.7. The van der Waals surface area contributed by atoms with Crippen LogP contribution < -0.4 is 10.5 Å². The zero-order valence-electron chi connectivity index (χ0n) is 9.88. The summed E-state index contributed by atoms with van der Waals surface area (Å²) >= 11 is 0. The summed E-state index contributed by atoms with van der Waals surface area (Å²) in [4.78, 5) is 3.73. The Labute approximate surface area is 110 Å². The number of benzene rings is 1. The minimum Gasteiger partial charge on any atom is -0.396 e. The fourth-order valence-electron chi connectivity index (χ4n) is 1.52. The molecule has 1 aromatic heterocycles. The Morgan fingerprint density at radius 3 is 2.74 bits per heavy atom. The number of nitrogens with two attached hydrogens (primary N) is 1. The molecule has 0 saturated heterocycles. The van der Waals surface area contributed by atoms with Gasteiger partial charge in [-0.1, -0.05) is 12.1 Å². The van der Waals surface area contributed by atoms with Gasteiger partial charge in [-0.3, -0.25) is 0 Å². The Morgan fingerprint density at radius 1 is 1.26 bits per heavy atom. The van der Waals surface area contributed by atoms with Crippen LogP contribution in [0.1, 0.15) is 5.56 Å². The molecule has 0 aliphatic rings. The maximum atomic E-state index is 13.0. The van der Waals surface area contributed by atoms with Gasteiger partial charge in [0, 0.05) is 12.7 Å². The van der Waals surface area contributed by atoms with Crippen LogP contribution in [0.5, 0.6) is 0 Å². The maximum absolute atomic E-state index is 13.0. The van der Waals surface area contributed by atoms with Crippen LogP contribution in [0.2, 0.25) is 0 Å². The Balaban J connectivity index is 2.17. The van der Waals surface area contributed by atoms with Gasteiger partial charge in [0.05, 0.1) is 5.69 Å². The lowest BCUT2D eigenvalue weighted by Gasteiger charge is -2.07. The van der Waals surface area contributed by atoms with Crippen LogP contribution in [0.15, 0.2) is 47.6 Å². The van der Waals surface area contributed by atoms with E-state index in [1.807, 2.05) is 0 Å². The van der Waals surface area contributed by atoms with E-state index >= 15 is 0 Å². The molecule has 0 radical (unpaired) electrons. The number of nitrogen functional groups attached to an aromatic ring is 1. The number of hydrogen-bond acceptors (Lipinski definition) is 4. The molecule has 0 atom stereocenters. The van der Waals surface area contributed by atoms with E-state index in [1.54, 1.807) is 12.1 Å². The van der Waals surface area contributed by atoms with Crippen molar-refractivity contribution in [3.8, 4) is 0 Å². The second kappa shape index (κ2) is 5.33. The Hall–Kier alpha value is -1.99. The van der Waals surface area contributed by atoms with Gasteiger partial charge in [0.15, 0.2) is 5.03 Å². The van der Waals surface area contributed by atoms with E-state index in [1.165, 1.54) is 30.5 Å². The second-order valence-electron chi connectivity index (χ2n) is 3.85. The number of nitrogens with one attached hydrogen (secondary N) is 1. The summed E-state index contributed by atoms with van der Waals surface area (Å²) in [7, 11) is -3.81. The van der Waals surface area contributed by atoms with Gasteiger partial charge in [0.1, 0.15) is 5.82 Å². The SMILES string of the molecule is Nc1cccnc1S(=O)(=O)NCc1cccc(F)c1. The predicted molar refractivity (Wildman–Crippen MR) is 69.1 cm³/mol. The number of hydrogen-bond donors (Lipinski definition) is 2. The first-order valence-electron chi connectivity index (χ1n) is 5.43. The van der Waals surface area contributed by atoms with E-state index in [0.29, 0.717) is 5.56 Å². The van der Waals surface area contributed by atoms with Crippen LogP contribution in [0.4, 0.5) is 10.1 Å². The molecule has 100 valence electrons. The Bertz CT molecular complexity index is 689. The fourth-order valence-corrected chi connectivity index (χ4v) is 2.59. The largest absolute Gasteiger partial charge is 0.396 e. The molecule has 0 fully saturated rings. The van der Waals surface area contributed by atoms with Crippen molar-refractivity contribution in [1.82, 2.24) is 9.71 Å². The van der Waals surface area contributed by atoms with Gasteiger partial charge in [-0.25, -0.2) is 22.5 Å². The highest BCUT2D eigenvalue weighted by atomic mass is 32.2. The molecule has 1 aromatic carbocycles. The first-order valence-corrected chi connectivity index (χ1v) is 6.92. The molecular formula is C12H12FN3O2S. The normalized spacial score (nSPS) is 11.4. The van der Waals surface area contributed by atoms with Gasteiger partial charge in [-0.15, -0.1) is 0 Å². The summed E-state index contributed by atoms with van der Waals surface area (Å²) in [5.41, 5.74) is 6.13. The molecule has 0 aliphatic heterocycles. The van der Waals surface area contributed by atoms with E-state index in [2.05, 4.69) is 9.71 Å². The van der Waals surface area contributed by atoms with E-state index in [9.17, 15) is 12.8 Å². The highest BCUT2D eigenvalue weighted by Gasteiger charge is 2.18. The summed E-state index contributed by atoms with van der Waals surface area (Å²) < 4.78 is 39.2. The molecule has 2 rings (SSSR count). The van der Waals surface area contributed by atoms with Crippen LogP contribution in [0.25, 0.3) is 0 Å². The van der Waals surface area contributed by atoms with Crippen molar-refractivity contribution in [2.75, 3.05) is 5.73 Å². The van der Waals surface area contributed by atoms with Crippen molar-refractivity contribution in [3.63, 3.8) is 0 Å². The van der Waals surface area contributed by atoms with Gasteiger partial charge in [-0.05, 0) is 29.8 Å². The molecule has 1 heterocycles. The fraction of sp³-hybridized carbons (Fsp3) is 0.0833. The van der Waals surface area contributed by atoms with Crippen LogP contribution in [0.3, 0.4) is 0 Å². The molecule has 0 amide bonds. The summed E-state index contributed by atoms with van der Waals surface area (Å²) in [6.07, 6.45) is 1.34. The van der Waals surface area contributed by atoms with Gasteiger partial charge < -0.3 is 5.73 Å². The molecule has 19 heavy (non-hydrogen) atoms. The molecule has 0 spiro atoms. The summed E-state index contributed by atoms with van der Waals surface area (Å²) in [5, 5.41) is -0.230. The highest BCUT2D eigenvalue weighted by Crippen LogP contribution is 2.14. The van der Waals surface area contributed by atoms with Crippen molar-refractivity contribution in [2.45, 2.75) is 11.6 Å². The third-order valence-corrected chi connectivity index (χ3v) is 3.79. The standard InChI is InChI=1S/C12H12FN3O2S/c13-10-4-1-3-9(7-10)8-16-19(17,18)12-11(14)5-2-6-15-12/h1-7,16H,8,14H2. The molecule has 0 saturated carbocycles. The number of pyridine rings is 1. The van der Waals surface area contributed by atoms with Crippen molar-refractivity contribution in [1.29, 1.82) is 0 Å². The van der Waals surface area contributed by atoms with Crippen molar-refractivity contribution in [2.24, 2.45) is 0 Å². The van der Waals surface area contributed by atoms with Crippen LogP contribution in [0, 0.1) is 5.82 Å². The Kier molecular flexibility index (Phi) is 3.77. The van der Waals surface area contributed by atoms with Gasteiger partial charge in [0.25, 0.3) is 10.0 Å². The van der Waals surface area contributed by atoms with Crippen molar-refractivity contribution >= 4 is 15.7 Å². The molecule has 7 heteroatoms. The number of sulfonamides is 1. The van der Waals surface area contributed by atoms with E-state index in [0.717, 1.165) is 0 Å². The third kappa shape index (κ3) is 3.27. The zero-order chi connectivity index (χ0) is 13.9. The Morgan fingerprint density at radius 2 is 2.05 bits per heavy atom. The van der Waals surface area contributed by atoms with Crippen molar-refractivity contribution < 1.29 is 12.8 Å². The molecule has 0 bridgehead atoms. The molecule has 0 aliphatic carbocycles. The number of rotatable bonds is 4. The summed E-state index contributed by atoms with van der Waals surface area (Å²) in [6, 6.07) is 8.66. The van der Waals surface area contributed by atoms with E-state index in [4.69, 9.17) is 5.73 Å². The van der Waals surface area contributed by atoms with E-state index < -0.39 is 15.8 Å². The number of nitrogens with zero attached hydrogens (tertiary/aromatic N) is 1. The van der Waals surface area contributed by atoms with Gasteiger partial charge in [-0.2, -0.15) is 0 Å². The second-order valence-corrected chi connectivity index (χ2v) is 5.53. The van der Waals surface area contributed by atoms with Gasteiger partial charge >= 0.3 is 0 Å². The predicted octanol–water partition coefficient (Wildman–Crippen LogP) is 1.28. The molecule has 0 unspecified atom stereocenters. The average molecular weight is 281 g/mol. The summed E-state index contributed by atoms with van der Waals surface area (Å²) in [6.45, 7) is -0.0316. The number of aromatic nitrogens is 1. The highest BCUT2D eigenvalue weighted by molar-refractivity contribution is 7.89. The lowest BCUT2D eigenvalue weighted by molar-refractivity contribution is 0.577. The monoisotopic (exact) mass is 281 g/mol. The minimum absolute atomic E-state index is 0.0316. The van der Waals surface area contributed by atoms with Crippen LogP contribution >= 0.6 is 0 Å². The molecular weight excluding hydrogens is 269 g/mol. The molecule has 5 nitrogen and oxygen atoms in total. The summed E-state index contributed by atoms with van der Waals surface area (Å²) in [5.74, 6) is -0.422. The first kappa shape index (κ1) is 13.4. The van der Waals surface area contributed by atoms with Crippen molar-refractivity contribution in [3.05, 3.63) is 54.0 Å². The lowest BCUT2D eigenvalue weighted by Crippen LogP contribution is -2.25. The molecule has 2 aromatic rings.